The van der Waals surface area contributed by atoms with Crippen LogP contribution in [0.5, 0.6) is 5.75 Å². The summed E-state index contributed by atoms with van der Waals surface area (Å²) in [5.74, 6) is -0.142. The lowest BCUT2D eigenvalue weighted by Crippen LogP contribution is -2.31. The number of rotatable bonds is 7. The maximum atomic E-state index is 12.6. The van der Waals surface area contributed by atoms with E-state index in [1.165, 1.54) is 16.2 Å². The number of carbonyl (C=O) groups is 2. The van der Waals surface area contributed by atoms with Crippen LogP contribution in [0.3, 0.4) is 0 Å². The average Bonchev–Trinajstić information content (AvgIpc) is 3.14. The SMILES string of the molecule is COc1ccccc1CN(C)C(=O)COC(=O)c1sc(C)nc1-c1ccccc1. The topological polar surface area (TPSA) is 68.7 Å². The molecule has 0 atom stereocenters. The van der Waals surface area contributed by atoms with Gasteiger partial charge in [-0.2, -0.15) is 0 Å². The highest BCUT2D eigenvalue weighted by molar-refractivity contribution is 7.14. The summed E-state index contributed by atoms with van der Waals surface area (Å²) in [5.41, 5.74) is 2.29. The first kappa shape index (κ1) is 20.5. The highest BCUT2D eigenvalue weighted by Gasteiger charge is 2.21. The van der Waals surface area contributed by atoms with Gasteiger partial charge in [-0.1, -0.05) is 48.5 Å². The van der Waals surface area contributed by atoms with Crippen LogP contribution in [-0.2, 0) is 16.1 Å². The lowest BCUT2D eigenvalue weighted by molar-refractivity contribution is -0.133. The third kappa shape index (κ3) is 5.00. The first-order chi connectivity index (χ1) is 14.0. The summed E-state index contributed by atoms with van der Waals surface area (Å²) in [7, 11) is 3.25. The van der Waals surface area contributed by atoms with E-state index in [9.17, 15) is 9.59 Å². The molecule has 0 aliphatic heterocycles. The van der Waals surface area contributed by atoms with E-state index in [1.54, 1.807) is 14.2 Å². The molecule has 0 saturated heterocycles. The second kappa shape index (κ2) is 9.34. The summed E-state index contributed by atoms with van der Waals surface area (Å²) in [6.45, 7) is 1.85. The lowest BCUT2D eigenvalue weighted by atomic mass is 10.1. The van der Waals surface area contributed by atoms with Crippen molar-refractivity contribution in [3.63, 3.8) is 0 Å². The number of thiazole rings is 1. The Kier molecular flexibility index (Phi) is 6.61. The summed E-state index contributed by atoms with van der Waals surface area (Å²) >= 11 is 1.26. The number of hydrogen-bond acceptors (Lipinski definition) is 6. The molecule has 1 amide bonds. The number of para-hydroxylation sites is 1. The number of aryl methyl sites for hydroxylation is 1. The second-order valence-electron chi connectivity index (χ2n) is 6.41. The zero-order valence-electron chi connectivity index (χ0n) is 16.5. The summed E-state index contributed by atoms with van der Waals surface area (Å²) in [5, 5.41) is 0.760. The van der Waals surface area contributed by atoms with E-state index in [0.717, 1.165) is 16.1 Å². The maximum absolute atomic E-state index is 12.6. The molecule has 150 valence electrons. The molecular formula is C22H22N2O4S. The van der Waals surface area contributed by atoms with Gasteiger partial charge < -0.3 is 14.4 Å². The molecule has 0 fully saturated rings. The van der Waals surface area contributed by atoms with Crippen molar-refractivity contribution in [3.8, 4) is 17.0 Å². The molecule has 0 aliphatic carbocycles. The summed E-state index contributed by atoms with van der Waals surface area (Å²) < 4.78 is 10.6. The summed E-state index contributed by atoms with van der Waals surface area (Å²) in [6, 6.07) is 16.9. The Balaban J connectivity index is 1.64. The van der Waals surface area contributed by atoms with E-state index in [-0.39, 0.29) is 12.5 Å². The quantitative estimate of drug-likeness (QED) is 0.552. The van der Waals surface area contributed by atoms with Crippen LogP contribution in [0, 0.1) is 6.92 Å². The summed E-state index contributed by atoms with van der Waals surface area (Å²) in [6.07, 6.45) is 0. The number of esters is 1. The van der Waals surface area contributed by atoms with Crippen LogP contribution in [0.2, 0.25) is 0 Å². The third-order valence-electron chi connectivity index (χ3n) is 4.32. The monoisotopic (exact) mass is 410 g/mol. The fourth-order valence-corrected chi connectivity index (χ4v) is 3.67. The van der Waals surface area contributed by atoms with E-state index in [1.807, 2.05) is 61.5 Å². The van der Waals surface area contributed by atoms with Gasteiger partial charge in [0.1, 0.15) is 10.6 Å². The molecule has 7 heteroatoms. The number of amides is 1. The minimum atomic E-state index is -0.548. The molecule has 1 heterocycles. The van der Waals surface area contributed by atoms with Gasteiger partial charge in [0, 0.05) is 24.7 Å². The number of benzene rings is 2. The van der Waals surface area contributed by atoms with E-state index in [4.69, 9.17) is 9.47 Å². The third-order valence-corrected chi connectivity index (χ3v) is 5.27. The van der Waals surface area contributed by atoms with Crippen LogP contribution in [0.1, 0.15) is 20.2 Å². The minimum absolute atomic E-state index is 0.299. The Morgan fingerprint density at radius 3 is 2.48 bits per heavy atom. The number of nitrogens with zero attached hydrogens (tertiary/aromatic N) is 2. The Labute approximate surface area is 173 Å². The number of likely N-dealkylation sites (N-methyl/N-ethyl adjacent to an activating group) is 1. The maximum Gasteiger partial charge on any atom is 0.351 e. The van der Waals surface area contributed by atoms with Crippen molar-refractivity contribution in [2.24, 2.45) is 0 Å². The van der Waals surface area contributed by atoms with E-state index in [0.29, 0.717) is 22.9 Å². The van der Waals surface area contributed by atoms with Crippen molar-refractivity contribution in [2.45, 2.75) is 13.5 Å². The van der Waals surface area contributed by atoms with Crippen LogP contribution < -0.4 is 4.74 Å². The zero-order chi connectivity index (χ0) is 20.8. The molecule has 2 aromatic carbocycles. The molecule has 0 N–H and O–H groups in total. The van der Waals surface area contributed by atoms with Crippen molar-refractivity contribution in [2.75, 3.05) is 20.8 Å². The van der Waals surface area contributed by atoms with Crippen LogP contribution in [0.4, 0.5) is 0 Å². The summed E-state index contributed by atoms with van der Waals surface area (Å²) in [4.78, 5) is 31.4. The van der Waals surface area contributed by atoms with Crippen LogP contribution in [0.25, 0.3) is 11.3 Å². The fraction of sp³-hybridized carbons (Fsp3) is 0.227. The van der Waals surface area contributed by atoms with Crippen molar-refractivity contribution in [1.82, 2.24) is 9.88 Å². The standard InChI is InChI=1S/C22H22N2O4S/c1-15-23-20(16-9-5-4-6-10-16)21(29-15)22(26)28-14-19(25)24(2)13-17-11-7-8-12-18(17)27-3/h4-12H,13-14H2,1-3H3. The fourth-order valence-electron chi connectivity index (χ4n) is 2.84. The van der Waals surface area contributed by atoms with Gasteiger partial charge >= 0.3 is 5.97 Å². The molecule has 1 aromatic heterocycles. The van der Waals surface area contributed by atoms with Crippen LogP contribution >= 0.6 is 11.3 Å². The van der Waals surface area contributed by atoms with Crippen molar-refractivity contribution in [1.29, 1.82) is 0 Å². The van der Waals surface area contributed by atoms with Crippen molar-refractivity contribution in [3.05, 3.63) is 70.0 Å². The molecule has 3 aromatic rings. The highest BCUT2D eigenvalue weighted by Crippen LogP contribution is 2.28. The van der Waals surface area contributed by atoms with E-state index < -0.39 is 5.97 Å². The van der Waals surface area contributed by atoms with Crippen molar-refractivity contribution >= 4 is 23.2 Å². The van der Waals surface area contributed by atoms with Gasteiger partial charge in [0.05, 0.1) is 17.8 Å². The van der Waals surface area contributed by atoms with Gasteiger partial charge in [0.25, 0.3) is 5.91 Å². The molecule has 0 spiro atoms. The van der Waals surface area contributed by atoms with Crippen LogP contribution in [-0.4, -0.2) is 42.5 Å². The van der Waals surface area contributed by atoms with Gasteiger partial charge in [0.2, 0.25) is 0 Å². The van der Waals surface area contributed by atoms with Gasteiger partial charge in [-0.05, 0) is 13.0 Å². The number of hydrogen-bond donors (Lipinski definition) is 0. The first-order valence-electron chi connectivity index (χ1n) is 9.05. The first-order valence-corrected chi connectivity index (χ1v) is 9.87. The smallest absolute Gasteiger partial charge is 0.351 e. The molecule has 6 nitrogen and oxygen atoms in total. The van der Waals surface area contributed by atoms with Crippen LogP contribution in [0.15, 0.2) is 54.6 Å². The number of aromatic nitrogens is 1. The molecule has 0 aliphatic rings. The van der Waals surface area contributed by atoms with Gasteiger partial charge in [-0.15, -0.1) is 11.3 Å². The Morgan fingerprint density at radius 1 is 1.07 bits per heavy atom. The van der Waals surface area contributed by atoms with E-state index >= 15 is 0 Å². The Morgan fingerprint density at radius 2 is 1.76 bits per heavy atom. The normalized spacial score (nSPS) is 10.4. The van der Waals surface area contributed by atoms with Gasteiger partial charge in [0.15, 0.2) is 6.61 Å². The number of methoxy groups -OCH3 is 1. The van der Waals surface area contributed by atoms with Gasteiger partial charge in [-0.3, -0.25) is 4.79 Å². The molecular weight excluding hydrogens is 388 g/mol. The Hall–Kier alpha value is -3.19. The second-order valence-corrected chi connectivity index (χ2v) is 7.62. The lowest BCUT2D eigenvalue weighted by Gasteiger charge is -2.18. The molecule has 3 rings (SSSR count). The number of carbonyl (C=O) groups excluding carboxylic acids is 2. The Bertz CT molecular complexity index is 1000. The van der Waals surface area contributed by atoms with Crippen molar-refractivity contribution < 1.29 is 19.1 Å². The average molecular weight is 410 g/mol. The van der Waals surface area contributed by atoms with Gasteiger partial charge in [-0.25, -0.2) is 9.78 Å². The largest absolute Gasteiger partial charge is 0.496 e. The molecule has 0 radical (unpaired) electrons. The minimum Gasteiger partial charge on any atom is -0.496 e. The highest BCUT2D eigenvalue weighted by atomic mass is 32.1. The molecule has 0 unspecified atom stereocenters. The molecule has 0 saturated carbocycles. The predicted octanol–water partition coefficient (Wildman–Crippen LogP) is 3.94. The predicted molar refractivity (Wildman–Crippen MR) is 112 cm³/mol. The zero-order valence-corrected chi connectivity index (χ0v) is 17.4. The molecule has 0 bridgehead atoms. The molecule has 29 heavy (non-hydrogen) atoms. The van der Waals surface area contributed by atoms with E-state index in [2.05, 4.69) is 4.98 Å². The number of ether oxygens (including phenoxy) is 2.